The summed E-state index contributed by atoms with van der Waals surface area (Å²) in [5.41, 5.74) is 0.780. The number of hydrogen-bond acceptors (Lipinski definition) is 7. The van der Waals surface area contributed by atoms with Crippen LogP contribution in [0.5, 0.6) is 0 Å². The maximum Gasteiger partial charge on any atom is 0.239 e. The van der Waals surface area contributed by atoms with E-state index in [0.29, 0.717) is 29.7 Å². The SMILES string of the molecule is CCCCC(Sc1nnc(CN2CCCCC2)n1-c1ccc(F)cc1)C(=O)Nc1cc(C)on1. The van der Waals surface area contributed by atoms with Crippen molar-refractivity contribution in [3.63, 3.8) is 0 Å². The van der Waals surface area contributed by atoms with Crippen LogP contribution in [0.3, 0.4) is 0 Å². The molecule has 1 aromatic carbocycles. The molecule has 1 N–H and O–H groups in total. The second-order valence-corrected chi connectivity index (χ2v) is 9.78. The van der Waals surface area contributed by atoms with Crippen LogP contribution in [0.4, 0.5) is 10.2 Å². The summed E-state index contributed by atoms with van der Waals surface area (Å²) in [7, 11) is 0. The number of rotatable bonds is 10. The minimum atomic E-state index is -0.386. The lowest BCUT2D eigenvalue weighted by Crippen LogP contribution is -2.30. The number of carbonyl (C=O) groups is 1. The number of anilines is 1. The minimum absolute atomic E-state index is 0.155. The lowest BCUT2D eigenvalue weighted by Gasteiger charge is -2.26. The third-order valence-corrected chi connectivity index (χ3v) is 7.05. The number of nitrogens with one attached hydrogen (secondary N) is 1. The molecule has 1 atom stereocenters. The standard InChI is InChI=1S/C24H31FN6O2S/c1-3-4-8-20(23(32)26-21-15-17(2)33-29-21)34-24-28-27-22(16-30-13-6-5-7-14-30)31(24)19-11-9-18(25)10-12-19/h9-12,15,20H,3-8,13-14,16H2,1-2H3,(H,26,29,32). The van der Waals surface area contributed by atoms with Gasteiger partial charge in [0.15, 0.2) is 16.8 Å². The Kier molecular flexibility index (Phi) is 8.34. The van der Waals surface area contributed by atoms with Gasteiger partial charge in [0.2, 0.25) is 5.91 Å². The maximum atomic E-state index is 13.6. The molecule has 0 bridgehead atoms. The Morgan fingerprint density at radius 3 is 2.65 bits per heavy atom. The van der Waals surface area contributed by atoms with Gasteiger partial charge < -0.3 is 9.84 Å². The van der Waals surface area contributed by atoms with Gasteiger partial charge >= 0.3 is 0 Å². The number of nitrogens with zero attached hydrogens (tertiary/aromatic N) is 5. The molecule has 2 aromatic heterocycles. The summed E-state index contributed by atoms with van der Waals surface area (Å²) in [4.78, 5) is 15.5. The summed E-state index contributed by atoms with van der Waals surface area (Å²) in [5, 5.41) is 15.9. The minimum Gasteiger partial charge on any atom is -0.360 e. The van der Waals surface area contributed by atoms with Gasteiger partial charge in [0.25, 0.3) is 0 Å². The number of aryl methyl sites for hydroxylation is 1. The summed E-state index contributed by atoms with van der Waals surface area (Å²) in [6.07, 6.45) is 6.15. The number of likely N-dealkylation sites (tertiary alicyclic amines) is 1. The molecule has 3 heterocycles. The molecule has 4 rings (SSSR count). The van der Waals surface area contributed by atoms with Gasteiger partial charge in [-0.05, 0) is 63.5 Å². The normalized spacial score (nSPS) is 15.4. The molecule has 1 fully saturated rings. The molecule has 0 saturated carbocycles. The van der Waals surface area contributed by atoms with Crippen molar-refractivity contribution in [3.8, 4) is 5.69 Å². The molecule has 1 aliphatic rings. The zero-order valence-electron chi connectivity index (χ0n) is 19.7. The van der Waals surface area contributed by atoms with Crippen molar-refractivity contribution in [2.45, 2.75) is 69.3 Å². The molecule has 0 spiro atoms. The predicted molar refractivity (Wildman–Crippen MR) is 129 cm³/mol. The average molecular weight is 487 g/mol. The van der Waals surface area contributed by atoms with Gasteiger partial charge in [-0.2, -0.15) is 0 Å². The van der Waals surface area contributed by atoms with Crippen LogP contribution in [-0.4, -0.2) is 49.1 Å². The number of piperidine rings is 1. The van der Waals surface area contributed by atoms with Crippen LogP contribution in [0.25, 0.3) is 5.69 Å². The number of hydrogen-bond donors (Lipinski definition) is 1. The van der Waals surface area contributed by atoms with Gasteiger partial charge in [-0.3, -0.25) is 14.3 Å². The number of halogens is 1. The van der Waals surface area contributed by atoms with Gasteiger partial charge in [0.1, 0.15) is 11.6 Å². The first-order valence-electron chi connectivity index (χ1n) is 11.9. The number of benzene rings is 1. The highest BCUT2D eigenvalue weighted by molar-refractivity contribution is 8.00. The van der Waals surface area contributed by atoms with Crippen LogP contribution < -0.4 is 5.32 Å². The van der Waals surface area contributed by atoms with Crippen molar-refractivity contribution in [2.75, 3.05) is 18.4 Å². The highest BCUT2D eigenvalue weighted by atomic mass is 32.2. The molecule has 1 unspecified atom stereocenters. The Morgan fingerprint density at radius 2 is 1.97 bits per heavy atom. The van der Waals surface area contributed by atoms with Crippen molar-refractivity contribution in [1.82, 2.24) is 24.8 Å². The van der Waals surface area contributed by atoms with Gasteiger partial charge in [-0.15, -0.1) is 10.2 Å². The molecular formula is C24H31FN6O2S. The summed E-state index contributed by atoms with van der Waals surface area (Å²) >= 11 is 1.38. The zero-order valence-corrected chi connectivity index (χ0v) is 20.5. The second kappa shape index (κ2) is 11.6. The lowest BCUT2D eigenvalue weighted by atomic mass is 10.1. The van der Waals surface area contributed by atoms with Gasteiger partial charge in [0, 0.05) is 11.8 Å². The number of thioether (sulfide) groups is 1. The molecule has 1 aliphatic heterocycles. The van der Waals surface area contributed by atoms with Crippen molar-refractivity contribution in [3.05, 3.63) is 47.7 Å². The summed E-state index contributed by atoms with van der Waals surface area (Å²) in [6.45, 7) is 6.59. The van der Waals surface area contributed by atoms with Crippen LogP contribution in [0.1, 0.15) is 57.0 Å². The van der Waals surface area contributed by atoms with Crippen molar-refractivity contribution >= 4 is 23.5 Å². The lowest BCUT2D eigenvalue weighted by molar-refractivity contribution is -0.115. The van der Waals surface area contributed by atoms with Crippen LogP contribution in [0.2, 0.25) is 0 Å². The van der Waals surface area contributed by atoms with Crippen molar-refractivity contribution < 1.29 is 13.7 Å². The molecule has 0 aliphatic carbocycles. The predicted octanol–water partition coefficient (Wildman–Crippen LogP) is 4.98. The number of aromatic nitrogens is 4. The van der Waals surface area contributed by atoms with Gasteiger partial charge in [-0.1, -0.05) is 43.1 Å². The summed E-state index contributed by atoms with van der Waals surface area (Å²) in [6, 6.07) is 8.01. The number of unbranched alkanes of at least 4 members (excludes halogenated alkanes) is 1. The Bertz CT molecular complexity index is 1080. The van der Waals surface area contributed by atoms with E-state index in [9.17, 15) is 9.18 Å². The van der Waals surface area contributed by atoms with E-state index in [1.807, 2.05) is 4.57 Å². The van der Waals surface area contributed by atoms with Crippen molar-refractivity contribution in [2.24, 2.45) is 0 Å². The van der Waals surface area contributed by atoms with Crippen molar-refractivity contribution in [1.29, 1.82) is 0 Å². The van der Waals surface area contributed by atoms with E-state index in [0.717, 1.165) is 37.4 Å². The first kappa shape index (κ1) is 24.4. The fourth-order valence-corrected chi connectivity index (χ4v) is 5.15. The molecule has 8 nitrogen and oxygen atoms in total. The molecule has 1 saturated heterocycles. The monoisotopic (exact) mass is 486 g/mol. The summed E-state index contributed by atoms with van der Waals surface area (Å²) in [5.74, 6) is 1.37. The van der Waals surface area contributed by atoms with E-state index in [1.54, 1.807) is 25.1 Å². The first-order valence-corrected chi connectivity index (χ1v) is 12.7. The van der Waals surface area contributed by atoms with E-state index >= 15 is 0 Å². The van der Waals surface area contributed by atoms with Crippen LogP contribution >= 0.6 is 11.8 Å². The number of carbonyl (C=O) groups excluding carboxylic acids is 1. The Morgan fingerprint density at radius 1 is 1.21 bits per heavy atom. The molecular weight excluding hydrogens is 455 g/mol. The quantitative estimate of drug-likeness (QED) is 0.404. The Labute approximate surface area is 203 Å². The molecule has 1 amide bonds. The van der Waals surface area contributed by atoms with E-state index in [2.05, 4.69) is 32.5 Å². The zero-order chi connectivity index (χ0) is 23.9. The average Bonchev–Trinajstić information content (AvgIpc) is 3.43. The second-order valence-electron chi connectivity index (χ2n) is 8.61. The van der Waals surface area contributed by atoms with E-state index in [-0.39, 0.29) is 17.0 Å². The third kappa shape index (κ3) is 6.24. The van der Waals surface area contributed by atoms with E-state index in [4.69, 9.17) is 4.52 Å². The van der Waals surface area contributed by atoms with E-state index < -0.39 is 0 Å². The smallest absolute Gasteiger partial charge is 0.239 e. The molecule has 0 radical (unpaired) electrons. The Hall–Kier alpha value is -2.72. The van der Waals surface area contributed by atoms with Gasteiger partial charge in [0.05, 0.1) is 11.8 Å². The highest BCUT2D eigenvalue weighted by Gasteiger charge is 2.26. The molecule has 182 valence electrons. The van der Waals surface area contributed by atoms with E-state index in [1.165, 1.54) is 43.2 Å². The Balaban J connectivity index is 1.60. The molecule has 34 heavy (non-hydrogen) atoms. The fraction of sp³-hybridized carbons (Fsp3) is 0.500. The highest BCUT2D eigenvalue weighted by Crippen LogP contribution is 2.30. The van der Waals surface area contributed by atoms with Crippen LogP contribution in [0, 0.1) is 12.7 Å². The fourth-order valence-electron chi connectivity index (χ4n) is 4.04. The molecule has 10 heteroatoms. The third-order valence-electron chi connectivity index (χ3n) is 5.84. The first-order chi connectivity index (χ1) is 16.5. The maximum absolute atomic E-state index is 13.6. The topological polar surface area (TPSA) is 89.1 Å². The molecule has 3 aromatic rings. The van der Waals surface area contributed by atoms with Crippen LogP contribution in [0.15, 0.2) is 40.0 Å². The number of amides is 1. The largest absolute Gasteiger partial charge is 0.360 e. The summed E-state index contributed by atoms with van der Waals surface area (Å²) < 4.78 is 20.7. The van der Waals surface area contributed by atoms with Crippen LogP contribution in [-0.2, 0) is 11.3 Å². The van der Waals surface area contributed by atoms with Gasteiger partial charge in [-0.25, -0.2) is 4.39 Å².